The van der Waals surface area contributed by atoms with E-state index in [4.69, 9.17) is 0 Å². The zero-order valence-electron chi connectivity index (χ0n) is 14.0. The van der Waals surface area contributed by atoms with Crippen molar-refractivity contribution in [2.75, 3.05) is 0 Å². The summed E-state index contributed by atoms with van der Waals surface area (Å²) in [6.45, 7) is 8.21. The summed E-state index contributed by atoms with van der Waals surface area (Å²) in [6.07, 6.45) is 0. The van der Waals surface area contributed by atoms with E-state index in [-0.39, 0.29) is 11.9 Å². The van der Waals surface area contributed by atoms with Crippen LogP contribution in [0.5, 0.6) is 0 Å². The normalized spacial score (nSPS) is 12.3. The van der Waals surface area contributed by atoms with Crippen LogP contribution in [0.15, 0.2) is 42.5 Å². The first-order chi connectivity index (χ1) is 11.0. The number of carbonyl (C=O) groups excluding carboxylic acids is 1. The molecule has 2 N–H and O–H groups in total. The Morgan fingerprint density at radius 1 is 1.09 bits per heavy atom. The topological polar surface area (TPSA) is 44.9 Å². The number of aromatic nitrogens is 1. The van der Waals surface area contributed by atoms with Crippen LogP contribution >= 0.6 is 0 Å². The van der Waals surface area contributed by atoms with Crippen molar-refractivity contribution in [1.82, 2.24) is 10.3 Å². The lowest BCUT2D eigenvalue weighted by Crippen LogP contribution is -2.27. The van der Waals surface area contributed by atoms with Crippen LogP contribution in [0.2, 0.25) is 0 Å². The fourth-order valence-corrected chi connectivity index (χ4v) is 3.03. The maximum absolute atomic E-state index is 12.6. The molecule has 1 unspecified atom stereocenters. The minimum Gasteiger partial charge on any atom is -0.358 e. The minimum atomic E-state index is -0.0408. The molecular weight excluding hydrogens is 284 g/mol. The minimum absolute atomic E-state index is 0.0199. The number of fused-ring (bicyclic) bond motifs is 1. The van der Waals surface area contributed by atoms with Crippen LogP contribution in [0.25, 0.3) is 10.9 Å². The monoisotopic (exact) mass is 306 g/mol. The molecule has 118 valence electrons. The van der Waals surface area contributed by atoms with Gasteiger partial charge in [0.25, 0.3) is 5.91 Å². The number of aromatic amines is 1. The number of rotatable bonds is 3. The van der Waals surface area contributed by atoms with Gasteiger partial charge < -0.3 is 10.3 Å². The van der Waals surface area contributed by atoms with Crippen molar-refractivity contribution < 1.29 is 4.79 Å². The fourth-order valence-electron chi connectivity index (χ4n) is 3.03. The Kier molecular flexibility index (Phi) is 3.95. The van der Waals surface area contributed by atoms with Crippen molar-refractivity contribution in [2.24, 2.45) is 0 Å². The van der Waals surface area contributed by atoms with Gasteiger partial charge in [0.2, 0.25) is 0 Å². The van der Waals surface area contributed by atoms with E-state index < -0.39 is 0 Å². The van der Waals surface area contributed by atoms with Crippen LogP contribution in [0, 0.1) is 20.8 Å². The Balaban J connectivity index is 1.86. The maximum Gasteiger partial charge on any atom is 0.251 e. The molecule has 3 aromatic rings. The summed E-state index contributed by atoms with van der Waals surface area (Å²) in [4.78, 5) is 15.9. The van der Waals surface area contributed by atoms with Crippen LogP contribution < -0.4 is 5.32 Å². The lowest BCUT2D eigenvalue weighted by atomic mass is 10.0. The lowest BCUT2D eigenvalue weighted by molar-refractivity contribution is 0.0940. The molecule has 3 nitrogen and oxygen atoms in total. The van der Waals surface area contributed by atoms with Crippen molar-refractivity contribution in [1.29, 1.82) is 0 Å². The lowest BCUT2D eigenvalue weighted by Gasteiger charge is -2.16. The highest BCUT2D eigenvalue weighted by Crippen LogP contribution is 2.23. The van der Waals surface area contributed by atoms with E-state index in [1.807, 2.05) is 37.3 Å². The average Bonchev–Trinajstić information content (AvgIpc) is 2.82. The molecule has 0 spiro atoms. The average molecular weight is 306 g/mol. The van der Waals surface area contributed by atoms with Crippen LogP contribution in [0.4, 0.5) is 0 Å². The van der Waals surface area contributed by atoms with Gasteiger partial charge in [-0.05, 0) is 62.6 Å². The molecular formula is C20H22N2O. The second-order valence-corrected chi connectivity index (χ2v) is 6.19. The number of aryl methyl sites for hydroxylation is 3. The molecule has 1 heterocycles. The van der Waals surface area contributed by atoms with Gasteiger partial charge >= 0.3 is 0 Å². The van der Waals surface area contributed by atoms with Crippen LogP contribution in [0.3, 0.4) is 0 Å². The van der Waals surface area contributed by atoms with E-state index in [2.05, 4.69) is 43.2 Å². The highest BCUT2D eigenvalue weighted by Gasteiger charge is 2.14. The molecule has 0 saturated carbocycles. The van der Waals surface area contributed by atoms with Crippen molar-refractivity contribution in [2.45, 2.75) is 33.7 Å². The van der Waals surface area contributed by atoms with Gasteiger partial charge in [-0.2, -0.15) is 0 Å². The number of nitrogens with one attached hydrogen (secondary N) is 2. The zero-order valence-corrected chi connectivity index (χ0v) is 14.0. The predicted octanol–water partition coefficient (Wildman–Crippen LogP) is 4.58. The summed E-state index contributed by atoms with van der Waals surface area (Å²) in [5.41, 5.74) is 6.44. The summed E-state index contributed by atoms with van der Waals surface area (Å²) in [5, 5.41) is 4.21. The Morgan fingerprint density at radius 3 is 2.57 bits per heavy atom. The molecule has 3 rings (SSSR count). The molecule has 3 heteroatoms. The molecule has 0 fully saturated rings. The first kappa shape index (κ1) is 15.3. The first-order valence-corrected chi connectivity index (χ1v) is 7.92. The Morgan fingerprint density at radius 2 is 1.83 bits per heavy atom. The van der Waals surface area contributed by atoms with Gasteiger partial charge in [-0.3, -0.25) is 4.79 Å². The summed E-state index contributed by atoms with van der Waals surface area (Å²) in [7, 11) is 0. The number of carbonyl (C=O) groups is 1. The first-order valence-electron chi connectivity index (χ1n) is 7.92. The molecule has 2 aromatic carbocycles. The third-order valence-corrected chi connectivity index (χ3v) is 4.57. The molecule has 0 radical (unpaired) electrons. The molecule has 0 aliphatic rings. The molecule has 1 aromatic heterocycles. The van der Waals surface area contributed by atoms with E-state index in [0.29, 0.717) is 5.56 Å². The Hall–Kier alpha value is -2.55. The molecule has 1 atom stereocenters. The van der Waals surface area contributed by atoms with Crippen molar-refractivity contribution in [3.8, 4) is 0 Å². The maximum atomic E-state index is 12.6. The van der Waals surface area contributed by atoms with Crippen LogP contribution in [-0.4, -0.2) is 10.9 Å². The molecule has 0 aliphatic carbocycles. The van der Waals surface area contributed by atoms with Gasteiger partial charge in [0, 0.05) is 22.2 Å². The van der Waals surface area contributed by atoms with Gasteiger partial charge in [0.15, 0.2) is 0 Å². The highest BCUT2D eigenvalue weighted by atomic mass is 16.1. The second-order valence-electron chi connectivity index (χ2n) is 6.19. The van der Waals surface area contributed by atoms with Gasteiger partial charge in [-0.15, -0.1) is 0 Å². The highest BCUT2D eigenvalue weighted by molar-refractivity contribution is 5.99. The molecule has 0 aliphatic heterocycles. The van der Waals surface area contributed by atoms with Gasteiger partial charge in [0.1, 0.15) is 0 Å². The van der Waals surface area contributed by atoms with E-state index in [1.165, 1.54) is 11.1 Å². The number of amides is 1. The SMILES string of the molecule is Cc1ccccc1C(C)NC(=O)c1ccc2[nH]c(C)c(C)c2c1. The van der Waals surface area contributed by atoms with Gasteiger partial charge in [-0.1, -0.05) is 24.3 Å². The second kappa shape index (κ2) is 5.92. The number of hydrogen-bond acceptors (Lipinski definition) is 1. The van der Waals surface area contributed by atoms with Crippen molar-refractivity contribution >= 4 is 16.8 Å². The van der Waals surface area contributed by atoms with Crippen molar-refractivity contribution in [3.63, 3.8) is 0 Å². The smallest absolute Gasteiger partial charge is 0.251 e. The quantitative estimate of drug-likeness (QED) is 0.730. The van der Waals surface area contributed by atoms with Crippen molar-refractivity contribution in [3.05, 3.63) is 70.4 Å². The Bertz CT molecular complexity index is 876. The van der Waals surface area contributed by atoms with Crippen LogP contribution in [-0.2, 0) is 0 Å². The number of hydrogen-bond donors (Lipinski definition) is 2. The largest absolute Gasteiger partial charge is 0.358 e. The zero-order chi connectivity index (χ0) is 16.6. The summed E-state index contributed by atoms with van der Waals surface area (Å²) >= 11 is 0. The number of H-pyrrole nitrogens is 1. The molecule has 0 bridgehead atoms. The van der Waals surface area contributed by atoms with E-state index in [1.54, 1.807) is 0 Å². The molecule has 23 heavy (non-hydrogen) atoms. The molecule has 1 amide bonds. The fraction of sp³-hybridized carbons (Fsp3) is 0.250. The summed E-state index contributed by atoms with van der Waals surface area (Å²) in [5.74, 6) is -0.0408. The third-order valence-electron chi connectivity index (χ3n) is 4.57. The standard InChI is InChI=1S/C20H22N2O/c1-12-7-5-6-8-17(12)15(4)22-20(23)16-9-10-19-18(11-16)13(2)14(3)21-19/h5-11,15,21H,1-4H3,(H,22,23). The van der Waals surface area contributed by atoms with E-state index in [0.717, 1.165) is 22.2 Å². The Labute approximate surface area is 136 Å². The number of benzene rings is 2. The summed E-state index contributed by atoms with van der Waals surface area (Å²) in [6, 6.07) is 13.9. The molecule has 0 saturated heterocycles. The summed E-state index contributed by atoms with van der Waals surface area (Å²) < 4.78 is 0. The van der Waals surface area contributed by atoms with E-state index in [9.17, 15) is 4.79 Å². The van der Waals surface area contributed by atoms with Gasteiger partial charge in [-0.25, -0.2) is 0 Å². The van der Waals surface area contributed by atoms with E-state index >= 15 is 0 Å². The van der Waals surface area contributed by atoms with Crippen LogP contribution in [0.1, 0.15) is 45.7 Å². The van der Waals surface area contributed by atoms with Gasteiger partial charge in [0.05, 0.1) is 6.04 Å². The predicted molar refractivity (Wildman–Crippen MR) is 94.8 cm³/mol. The third kappa shape index (κ3) is 2.87.